The Morgan fingerprint density at radius 1 is 1.42 bits per heavy atom. The van der Waals surface area contributed by atoms with Crippen LogP contribution in [0, 0.1) is 0 Å². The van der Waals surface area contributed by atoms with Gasteiger partial charge in [0.25, 0.3) is 5.56 Å². The van der Waals surface area contributed by atoms with Gasteiger partial charge < -0.3 is 10.1 Å². The first kappa shape index (κ1) is 13.7. The Hall–Kier alpha value is -1.73. The summed E-state index contributed by atoms with van der Waals surface area (Å²) in [7, 11) is 3.45. The average Bonchev–Trinajstić information content (AvgIpc) is 2.78. The van der Waals surface area contributed by atoms with Crippen LogP contribution in [0.1, 0.15) is 6.42 Å². The number of fused-ring (bicyclic) bond motifs is 1. The smallest absolute Gasteiger partial charge is 0.264 e. The largest absolute Gasteiger partial charge is 0.383 e. The second-order valence-corrected chi connectivity index (χ2v) is 4.34. The molecule has 0 spiro atoms. The van der Waals surface area contributed by atoms with Gasteiger partial charge in [-0.25, -0.2) is 4.98 Å². The number of aromatic nitrogens is 4. The van der Waals surface area contributed by atoms with Crippen molar-refractivity contribution in [1.82, 2.24) is 24.6 Å². The second-order valence-electron chi connectivity index (χ2n) is 4.34. The fourth-order valence-corrected chi connectivity index (χ4v) is 1.90. The zero-order valence-corrected chi connectivity index (χ0v) is 11.3. The molecule has 2 rings (SSSR count). The molecule has 0 fully saturated rings. The van der Waals surface area contributed by atoms with E-state index in [9.17, 15) is 4.79 Å². The molecule has 0 saturated heterocycles. The highest BCUT2D eigenvalue weighted by molar-refractivity contribution is 5.72. The number of aryl methyl sites for hydroxylation is 2. The van der Waals surface area contributed by atoms with E-state index >= 15 is 0 Å². The molecule has 2 heterocycles. The fraction of sp³-hybridized carbons (Fsp3) is 0.583. The normalized spacial score (nSPS) is 11.3. The van der Waals surface area contributed by atoms with E-state index in [0.717, 1.165) is 19.5 Å². The molecule has 19 heavy (non-hydrogen) atoms. The van der Waals surface area contributed by atoms with Gasteiger partial charge in [-0.3, -0.25) is 14.0 Å². The maximum Gasteiger partial charge on any atom is 0.264 e. The van der Waals surface area contributed by atoms with Crippen molar-refractivity contribution in [3.05, 3.63) is 22.9 Å². The summed E-state index contributed by atoms with van der Waals surface area (Å²) in [5, 5.41) is 7.85. The monoisotopic (exact) mass is 265 g/mol. The van der Waals surface area contributed by atoms with E-state index < -0.39 is 0 Å². The molecule has 0 amide bonds. The maximum atomic E-state index is 12.1. The minimum absolute atomic E-state index is 0.0324. The molecular weight excluding hydrogens is 246 g/mol. The SMILES string of the molecule is COCCNCCCn1cnc2c(cnn2C)c1=O. The quantitative estimate of drug-likeness (QED) is 0.699. The van der Waals surface area contributed by atoms with Crippen molar-refractivity contribution < 1.29 is 4.74 Å². The molecule has 7 heteroatoms. The van der Waals surface area contributed by atoms with Crippen LogP contribution in [-0.2, 0) is 18.3 Å². The highest BCUT2D eigenvalue weighted by Gasteiger charge is 2.07. The molecule has 0 aliphatic heterocycles. The number of hydrogen-bond acceptors (Lipinski definition) is 5. The van der Waals surface area contributed by atoms with Gasteiger partial charge in [0.15, 0.2) is 5.65 Å². The number of rotatable bonds is 7. The van der Waals surface area contributed by atoms with Crippen LogP contribution in [0.15, 0.2) is 17.3 Å². The van der Waals surface area contributed by atoms with E-state index in [0.29, 0.717) is 24.2 Å². The van der Waals surface area contributed by atoms with Crippen LogP contribution < -0.4 is 10.9 Å². The van der Waals surface area contributed by atoms with Gasteiger partial charge in [-0.1, -0.05) is 0 Å². The molecule has 104 valence electrons. The Morgan fingerprint density at radius 2 is 2.26 bits per heavy atom. The first-order chi connectivity index (χ1) is 9.24. The number of hydrogen-bond donors (Lipinski definition) is 1. The number of nitrogens with one attached hydrogen (secondary N) is 1. The predicted octanol–water partition coefficient (Wildman–Crippen LogP) is -0.244. The summed E-state index contributed by atoms with van der Waals surface area (Å²) >= 11 is 0. The van der Waals surface area contributed by atoms with Gasteiger partial charge >= 0.3 is 0 Å². The summed E-state index contributed by atoms with van der Waals surface area (Å²) in [6.45, 7) is 3.02. The molecule has 0 atom stereocenters. The topological polar surface area (TPSA) is 74.0 Å². The van der Waals surface area contributed by atoms with Gasteiger partial charge in [0, 0.05) is 27.2 Å². The summed E-state index contributed by atoms with van der Waals surface area (Å²) < 4.78 is 8.17. The molecular formula is C12H19N5O2. The minimum atomic E-state index is -0.0324. The third-order valence-corrected chi connectivity index (χ3v) is 2.95. The molecule has 0 aromatic carbocycles. The van der Waals surface area contributed by atoms with Crippen molar-refractivity contribution in [2.24, 2.45) is 7.05 Å². The van der Waals surface area contributed by atoms with E-state index in [1.807, 2.05) is 0 Å². The molecule has 0 radical (unpaired) electrons. The van der Waals surface area contributed by atoms with E-state index in [4.69, 9.17) is 4.74 Å². The summed E-state index contributed by atoms with van der Waals surface area (Å²) in [5.74, 6) is 0. The van der Waals surface area contributed by atoms with Gasteiger partial charge in [0.1, 0.15) is 5.39 Å². The fourth-order valence-electron chi connectivity index (χ4n) is 1.90. The molecule has 0 bridgehead atoms. The average molecular weight is 265 g/mol. The van der Waals surface area contributed by atoms with Crippen LogP contribution in [0.2, 0.25) is 0 Å². The molecule has 2 aromatic heterocycles. The first-order valence-corrected chi connectivity index (χ1v) is 6.31. The lowest BCUT2D eigenvalue weighted by Gasteiger charge is -2.06. The van der Waals surface area contributed by atoms with Gasteiger partial charge in [-0.2, -0.15) is 5.10 Å². The van der Waals surface area contributed by atoms with E-state index in [2.05, 4.69) is 15.4 Å². The highest BCUT2D eigenvalue weighted by Crippen LogP contribution is 2.03. The maximum absolute atomic E-state index is 12.1. The lowest BCUT2D eigenvalue weighted by molar-refractivity contribution is 0.199. The van der Waals surface area contributed by atoms with Crippen LogP contribution in [0.3, 0.4) is 0 Å². The van der Waals surface area contributed by atoms with Crippen molar-refractivity contribution in [3.8, 4) is 0 Å². The Kier molecular flexibility index (Phi) is 4.64. The third-order valence-electron chi connectivity index (χ3n) is 2.95. The molecule has 0 unspecified atom stereocenters. The van der Waals surface area contributed by atoms with Gasteiger partial charge in [-0.15, -0.1) is 0 Å². The Morgan fingerprint density at radius 3 is 3.05 bits per heavy atom. The Balaban J connectivity index is 1.94. The predicted molar refractivity (Wildman–Crippen MR) is 72.1 cm³/mol. The van der Waals surface area contributed by atoms with Crippen molar-refractivity contribution in [1.29, 1.82) is 0 Å². The molecule has 0 aliphatic rings. The molecule has 7 nitrogen and oxygen atoms in total. The zero-order valence-electron chi connectivity index (χ0n) is 11.3. The lowest BCUT2D eigenvalue weighted by Crippen LogP contribution is -2.25. The van der Waals surface area contributed by atoms with Gasteiger partial charge in [0.05, 0.1) is 19.1 Å². The zero-order chi connectivity index (χ0) is 13.7. The number of ether oxygens (including phenoxy) is 1. The summed E-state index contributed by atoms with van der Waals surface area (Å²) in [6.07, 6.45) is 4.02. The van der Waals surface area contributed by atoms with Crippen molar-refractivity contribution in [2.75, 3.05) is 26.8 Å². The van der Waals surface area contributed by atoms with Crippen LogP contribution in [0.5, 0.6) is 0 Å². The van der Waals surface area contributed by atoms with Crippen molar-refractivity contribution in [2.45, 2.75) is 13.0 Å². The second kappa shape index (κ2) is 6.44. The number of nitrogens with zero attached hydrogens (tertiary/aromatic N) is 4. The molecule has 0 aliphatic carbocycles. The van der Waals surface area contributed by atoms with Crippen LogP contribution in [0.25, 0.3) is 11.0 Å². The van der Waals surface area contributed by atoms with E-state index in [1.54, 1.807) is 35.9 Å². The molecule has 1 N–H and O–H groups in total. The van der Waals surface area contributed by atoms with Crippen molar-refractivity contribution in [3.63, 3.8) is 0 Å². The van der Waals surface area contributed by atoms with Gasteiger partial charge in [0.2, 0.25) is 0 Å². The molecule has 2 aromatic rings. The van der Waals surface area contributed by atoms with Crippen LogP contribution in [0.4, 0.5) is 0 Å². The van der Waals surface area contributed by atoms with Crippen LogP contribution >= 0.6 is 0 Å². The van der Waals surface area contributed by atoms with Crippen LogP contribution in [-0.4, -0.2) is 46.1 Å². The van der Waals surface area contributed by atoms with E-state index in [-0.39, 0.29) is 5.56 Å². The minimum Gasteiger partial charge on any atom is -0.383 e. The third kappa shape index (κ3) is 3.18. The lowest BCUT2D eigenvalue weighted by atomic mass is 10.4. The first-order valence-electron chi connectivity index (χ1n) is 6.31. The number of methoxy groups -OCH3 is 1. The summed E-state index contributed by atoms with van der Waals surface area (Å²) in [4.78, 5) is 16.4. The standard InChI is InChI=1S/C12H19N5O2/c1-16-11-10(8-15-16)12(18)17(9-14-11)6-3-4-13-5-7-19-2/h8-9,13H,3-7H2,1-2H3. The van der Waals surface area contributed by atoms with Gasteiger partial charge in [-0.05, 0) is 13.0 Å². The molecule has 0 saturated carbocycles. The summed E-state index contributed by atoms with van der Waals surface area (Å²) in [5.41, 5.74) is 0.592. The van der Waals surface area contributed by atoms with E-state index in [1.165, 1.54) is 0 Å². The Bertz CT molecular complexity index is 589. The van der Waals surface area contributed by atoms with Crippen molar-refractivity contribution >= 4 is 11.0 Å². The summed E-state index contributed by atoms with van der Waals surface area (Å²) in [6, 6.07) is 0. The Labute approximate surface area is 111 Å². The highest BCUT2D eigenvalue weighted by atomic mass is 16.5.